The first-order chi connectivity index (χ1) is 13.8. The highest BCUT2D eigenvalue weighted by Gasteiger charge is 2.24. The van der Waals surface area contributed by atoms with E-state index in [0.717, 1.165) is 55.5 Å². The van der Waals surface area contributed by atoms with Crippen molar-refractivity contribution in [3.05, 3.63) is 62.3 Å². The number of fused-ring (bicyclic) bond motifs is 1. The van der Waals surface area contributed by atoms with Gasteiger partial charge in [0, 0.05) is 10.9 Å². The van der Waals surface area contributed by atoms with E-state index in [1.807, 2.05) is 28.8 Å². The van der Waals surface area contributed by atoms with Gasteiger partial charge in [-0.1, -0.05) is 6.07 Å². The maximum Gasteiger partial charge on any atom is 0.260 e. The molecular formula is C20H22N4O2S2+2. The van der Waals surface area contributed by atoms with E-state index in [9.17, 15) is 4.79 Å². The lowest BCUT2D eigenvalue weighted by molar-refractivity contribution is -1.02. The van der Waals surface area contributed by atoms with E-state index in [1.165, 1.54) is 21.1 Å². The van der Waals surface area contributed by atoms with Gasteiger partial charge < -0.3 is 19.2 Å². The summed E-state index contributed by atoms with van der Waals surface area (Å²) in [5.41, 5.74) is 0.748. The van der Waals surface area contributed by atoms with Crippen LogP contribution in [0.3, 0.4) is 0 Å². The largest absolute Gasteiger partial charge is 0.464 e. The molecule has 0 aliphatic carbocycles. The Morgan fingerprint density at radius 2 is 1.89 bits per heavy atom. The van der Waals surface area contributed by atoms with Gasteiger partial charge in [-0.05, 0) is 23.6 Å². The SMILES string of the molecule is O=c1[nH]c(C[NH+]2CC[NH+](Cc3cccs3)CC2)nc2scc(-c3ccco3)c12. The molecular weight excluding hydrogens is 392 g/mol. The Morgan fingerprint density at radius 1 is 1.07 bits per heavy atom. The van der Waals surface area contributed by atoms with Crippen LogP contribution in [0.15, 0.2) is 50.5 Å². The van der Waals surface area contributed by atoms with Crippen LogP contribution < -0.4 is 15.4 Å². The lowest BCUT2D eigenvalue weighted by Gasteiger charge is -2.29. The van der Waals surface area contributed by atoms with Crippen molar-refractivity contribution in [2.24, 2.45) is 0 Å². The molecule has 8 heteroatoms. The van der Waals surface area contributed by atoms with E-state index in [1.54, 1.807) is 11.2 Å². The second-order valence-corrected chi connectivity index (χ2v) is 9.14. The minimum absolute atomic E-state index is 0.0750. The van der Waals surface area contributed by atoms with Crippen LogP contribution in [0.4, 0.5) is 0 Å². The second-order valence-electron chi connectivity index (χ2n) is 7.25. The molecule has 0 spiro atoms. The molecule has 1 aliphatic rings. The Bertz CT molecular complexity index is 1110. The molecule has 0 radical (unpaired) electrons. The van der Waals surface area contributed by atoms with Gasteiger partial charge in [0.05, 0.1) is 16.5 Å². The van der Waals surface area contributed by atoms with E-state index in [0.29, 0.717) is 11.1 Å². The standard InChI is InChI=1S/C20H20N4O2S2/c25-19-18-15(16-4-1-9-26-16)13-28-20(18)22-17(21-19)12-24-7-5-23(6-8-24)11-14-3-2-10-27-14/h1-4,9-10,13H,5-8,11-12H2,(H,21,22,25)/p+2. The number of aromatic amines is 1. The zero-order valence-electron chi connectivity index (χ0n) is 15.4. The summed E-state index contributed by atoms with van der Waals surface area (Å²) >= 11 is 3.34. The Kier molecular flexibility index (Phi) is 4.86. The summed E-state index contributed by atoms with van der Waals surface area (Å²) in [6.07, 6.45) is 1.62. The average molecular weight is 415 g/mol. The normalized spacial score (nSPS) is 20.0. The number of hydrogen-bond donors (Lipinski definition) is 3. The number of nitrogens with one attached hydrogen (secondary N) is 3. The highest BCUT2D eigenvalue weighted by atomic mass is 32.1. The van der Waals surface area contributed by atoms with Crippen molar-refractivity contribution in [2.45, 2.75) is 13.1 Å². The van der Waals surface area contributed by atoms with Crippen molar-refractivity contribution in [2.75, 3.05) is 26.2 Å². The Morgan fingerprint density at radius 3 is 2.61 bits per heavy atom. The van der Waals surface area contributed by atoms with Crippen LogP contribution in [-0.2, 0) is 13.1 Å². The van der Waals surface area contributed by atoms with Gasteiger partial charge >= 0.3 is 0 Å². The van der Waals surface area contributed by atoms with Gasteiger partial charge in [-0.2, -0.15) is 0 Å². The van der Waals surface area contributed by atoms with Crippen molar-refractivity contribution in [1.29, 1.82) is 0 Å². The summed E-state index contributed by atoms with van der Waals surface area (Å²) < 4.78 is 5.46. The summed E-state index contributed by atoms with van der Waals surface area (Å²) in [7, 11) is 0. The number of aromatic nitrogens is 2. The van der Waals surface area contributed by atoms with Gasteiger partial charge in [-0.3, -0.25) is 4.79 Å². The topological polar surface area (TPSA) is 67.8 Å². The van der Waals surface area contributed by atoms with Crippen molar-refractivity contribution >= 4 is 32.9 Å². The van der Waals surface area contributed by atoms with Crippen molar-refractivity contribution < 1.29 is 14.2 Å². The fourth-order valence-electron chi connectivity index (χ4n) is 3.90. The van der Waals surface area contributed by atoms with E-state index < -0.39 is 0 Å². The van der Waals surface area contributed by atoms with Crippen LogP contribution in [-0.4, -0.2) is 36.1 Å². The number of furan rings is 1. The molecule has 144 valence electrons. The predicted molar refractivity (Wildman–Crippen MR) is 111 cm³/mol. The summed E-state index contributed by atoms with van der Waals surface area (Å²) in [4.78, 5) is 25.8. The van der Waals surface area contributed by atoms with Crippen LogP contribution in [0.1, 0.15) is 10.7 Å². The van der Waals surface area contributed by atoms with E-state index in [2.05, 4.69) is 22.5 Å². The second kappa shape index (κ2) is 7.63. The number of nitrogens with zero attached hydrogens (tertiary/aromatic N) is 1. The molecule has 28 heavy (non-hydrogen) atoms. The van der Waals surface area contributed by atoms with E-state index >= 15 is 0 Å². The highest BCUT2D eigenvalue weighted by Crippen LogP contribution is 2.30. The zero-order valence-corrected chi connectivity index (χ0v) is 17.0. The quantitative estimate of drug-likeness (QED) is 0.452. The molecule has 5 heterocycles. The number of H-pyrrole nitrogens is 1. The first-order valence-corrected chi connectivity index (χ1v) is 11.3. The summed E-state index contributed by atoms with van der Waals surface area (Å²) in [5.74, 6) is 1.49. The van der Waals surface area contributed by atoms with Crippen molar-refractivity contribution in [3.63, 3.8) is 0 Å². The molecule has 1 fully saturated rings. The van der Waals surface area contributed by atoms with Gasteiger partial charge in [0.2, 0.25) is 0 Å². The molecule has 1 aliphatic heterocycles. The molecule has 0 bridgehead atoms. The molecule has 0 unspecified atom stereocenters. The fourth-order valence-corrected chi connectivity index (χ4v) is 5.62. The minimum Gasteiger partial charge on any atom is -0.464 e. The Balaban J connectivity index is 1.28. The smallest absolute Gasteiger partial charge is 0.260 e. The van der Waals surface area contributed by atoms with Crippen LogP contribution in [0, 0.1) is 0 Å². The van der Waals surface area contributed by atoms with Gasteiger partial charge in [0.15, 0.2) is 5.82 Å². The van der Waals surface area contributed by atoms with Gasteiger partial charge in [0.1, 0.15) is 49.9 Å². The van der Waals surface area contributed by atoms with Crippen LogP contribution in [0.2, 0.25) is 0 Å². The average Bonchev–Trinajstić information content (AvgIpc) is 3.44. The number of rotatable bonds is 5. The van der Waals surface area contributed by atoms with Gasteiger partial charge in [0.25, 0.3) is 5.56 Å². The van der Waals surface area contributed by atoms with Crippen LogP contribution in [0.5, 0.6) is 0 Å². The molecule has 4 aromatic rings. The maximum atomic E-state index is 12.7. The first-order valence-electron chi connectivity index (χ1n) is 9.50. The lowest BCUT2D eigenvalue weighted by Crippen LogP contribution is -3.27. The molecule has 1 saturated heterocycles. The molecule has 0 aromatic carbocycles. The summed E-state index contributed by atoms with van der Waals surface area (Å²) in [5, 5.41) is 4.73. The maximum absolute atomic E-state index is 12.7. The monoisotopic (exact) mass is 414 g/mol. The number of thiophene rings is 2. The summed E-state index contributed by atoms with van der Waals surface area (Å²) in [6.45, 7) is 6.40. The lowest BCUT2D eigenvalue weighted by atomic mass is 10.2. The number of quaternary nitrogens is 2. The minimum atomic E-state index is -0.0750. The Labute approximate surface area is 170 Å². The van der Waals surface area contributed by atoms with Crippen LogP contribution in [0.25, 0.3) is 21.5 Å². The molecule has 0 atom stereocenters. The molecule has 0 saturated carbocycles. The van der Waals surface area contributed by atoms with Gasteiger partial charge in [-0.25, -0.2) is 4.98 Å². The number of piperazine rings is 1. The number of hydrogen-bond acceptors (Lipinski definition) is 5. The van der Waals surface area contributed by atoms with Gasteiger partial charge in [-0.15, -0.1) is 22.7 Å². The van der Waals surface area contributed by atoms with E-state index in [-0.39, 0.29) is 5.56 Å². The van der Waals surface area contributed by atoms with Crippen LogP contribution >= 0.6 is 22.7 Å². The van der Waals surface area contributed by atoms with E-state index in [4.69, 9.17) is 9.40 Å². The van der Waals surface area contributed by atoms with Crippen molar-refractivity contribution in [1.82, 2.24) is 9.97 Å². The summed E-state index contributed by atoms with van der Waals surface area (Å²) in [6, 6.07) is 8.05. The molecule has 0 amide bonds. The molecule has 3 N–H and O–H groups in total. The zero-order chi connectivity index (χ0) is 18.9. The predicted octanol–water partition coefficient (Wildman–Crippen LogP) is 0.790. The van der Waals surface area contributed by atoms with Crippen molar-refractivity contribution in [3.8, 4) is 11.3 Å². The first kappa shape index (κ1) is 17.8. The fraction of sp³-hybridized carbons (Fsp3) is 0.300. The molecule has 6 nitrogen and oxygen atoms in total. The highest BCUT2D eigenvalue weighted by molar-refractivity contribution is 7.17. The third-order valence-electron chi connectivity index (χ3n) is 5.37. The molecule has 4 aromatic heterocycles. The third kappa shape index (κ3) is 3.56. The molecule has 5 rings (SSSR count). The Hall–Kier alpha value is -2.26. The third-order valence-corrected chi connectivity index (χ3v) is 7.11.